The van der Waals surface area contributed by atoms with Crippen molar-refractivity contribution in [3.05, 3.63) is 28.2 Å². The first kappa shape index (κ1) is 13.5. The van der Waals surface area contributed by atoms with E-state index in [1.807, 2.05) is 0 Å². The average molecular weight is 289 g/mol. The monoisotopic (exact) mass is 288 g/mol. The van der Waals surface area contributed by atoms with Gasteiger partial charge in [0.2, 0.25) is 0 Å². The number of hydrogen-bond donors (Lipinski definition) is 1. The van der Waals surface area contributed by atoms with Crippen LogP contribution in [0.4, 0.5) is 0 Å². The minimum absolute atomic E-state index is 0.0488. The fraction of sp³-hybridized carbons (Fsp3) is 0.417. The van der Waals surface area contributed by atoms with Gasteiger partial charge in [-0.15, -0.1) is 0 Å². The molecule has 0 saturated carbocycles. The second-order valence-corrected chi connectivity index (χ2v) is 5.10. The van der Waals surface area contributed by atoms with Gasteiger partial charge >= 0.3 is 0 Å². The van der Waals surface area contributed by atoms with Crippen molar-refractivity contribution in [3.63, 3.8) is 0 Å². The van der Waals surface area contributed by atoms with Crippen molar-refractivity contribution in [1.82, 2.24) is 4.90 Å². The van der Waals surface area contributed by atoms with E-state index in [1.54, 1.807) is 23.1 Å². The van der Waals surface area contributed by atoms with Gasteiger partial charge in [-0.2, -0.15) is 0 Å². The summed E-state index contributed by atoms with van der Waals surface area (Å²) in [4.78, 5) is 13.5. The second-order valence-electron chi connectivity index (χ2n) is 4.25. The molecule has 1 amide bonds. The molecule has 0 radical (unpaired) electrons. The molecule has 2 N–H and O–H groups in total. The zero-order valence-corrected chi connectivity index (χ0v) is 11.2. The maximum absolute atomic E-state index is 11.8. The van der Waals surface area contributed by atoms with Crippen molar-refractivity contribution in [2.24, 2.45) is 5.73 Å². The maximum Gasteiger partial charge on any atom is 0.260 e. The number of amides is 1. The first-order valence-corrected chi connectivity index (χ1v) is 6.43. The Bertz CT molecular complexity index is 454. The summed E-state index contributed by atoms with van der Waals surface area (Å²) in [6, 6.07) is 4.96. The molecule has 0 spiro atoms. The Morgan fingerprint density at radius 1 is 1.50 bits per heavy atom. The Hall–Kier alpha value is -0.970. The fourth-order valence-electron chi connectivity index (χ4n) is 1.83. The molecule has 1 aromatic carbocycles. The fourth-order valence-corrected chi connectivity index (χ4v) is 2.17. The van der Waals surface area contributed by atoms with Crippen molar-refractivity contribution < 1.29 is 9.53 Å². The van der Waals surface area contributed by atoms with Gasteiger partial charge in [-0.1, -0.05) is 23.2 Å². The Kier molecular flexibility index (Phi) is 4.32. The molecular formula is C12H14Cl2N2O2. The number of rotatable bonds is 3. The highest BCUT2D eigenvalue weighted by Crippen LogP contribution is 2.27. The molecule has 0 aromatic heterocycles. The van der Waals surface area contributed by atoms with E-state index < -0.39 is 0 Å². The SMILES string of the molecule is N[C@H]1CCN(C(=O)COc2cc(Cl)ccc2Cl)C1. The molecule has 4 nitrogen and oxygen atoms in total. The average Bonchev–Trinajstić information content (AvgIpc) is 2.77. The van der Waals surface area contributed by atoms with Crippen LogP contribution in [-0.4, -0.2) is 36.5 Å². The Balaban J connectivity index is 1.91. The van der Waals surface area contributed by atoms with E-state index in [-0.39, 0.29) is 18.6 Å². The van der Waals surface area contributed by atoms with Crippen LogP contribution in [0.25, 0.3) is 0 Å². The predicted molar refractivity (Wildman–Crippen MR) is 71.1 cm³/mol. The van der Waals surface area contributed by atoms with Gasteiger partial charge < -0.3 is 15.4 Å². The van der Waals surface area contributed by atoms with E-state index in [9.17, 15) is 4.79 Å². The lowest BCUT2D eigenvalue weighted by Gasteiger charge is -2.16. The highest BCUT2D eigenvalue weighted by molar-refractivity contribution is 6.34. The molecule has 2 rings (SSSR count). The number of nitrogens with two attached hydrogens (primary N) is 1. The van der Waals surface area contributed by atoms with Crippen molar-refractivity contribution in [2.45, 2.75) is 12.5 Å². The summed E-state index contributed by atoms with van der Waals surface area (Å²) in [5, 5.41) is 0.954. The Labute approximate surface area is 116 Å². The minimum atomic E-state index is -0.0843. The summed E-state index contributed by atoms with van der Waals surface area (Å²) in [5.74, 6) is 0.333. The first-order valence-electron chi connectivity index (χ1n) is 5.67. The van der Waals surface area contributed by atoms with Gasteiger partial charge in [-0.25, -0.2) is 0 Å². The highest BCUT2D eigenvalue weighted by Gasteiger charge is 2.23. The summed E-state index contributed by atoms with van der Waals surface area (Å²) < 4.78 is 5.38. The zero-order valence-electron chi connectivity index (χ0n) is 9.73. The summed E-state index contributed by atoms with van der Waals surface area (Å²) in [5.41, 5.74) is 5.74. The number of halogens is 2. The molecule has 1 aliphatic heterocycles. The van der Waals surface area contributed by atoms with Gasteiger partial charge in [0.1, 0.15) is 5.75 Å². The van der Waals surface area contributed by atoms with Crippen LogP contribution >= 0.6 is 23.2 Å². The number of nitrogens with zero attached hydrogens (tertiary/aromatic N) is 1. The third-order valence-corrected chi connectivity index (χ3v) is 3.37. The number of benzene rings is 1. The Morgan fingerprint density at radius 3 is 2.94 bits per heavy atom. The lowest BCUT2D eigenvalue weighted by Crippen LogP contribution is -2.35. The van der Waals surface area contributed by atoms with E-state index in [1.165, 1.54) is 0 Å². The third kappa shape index (κ3) is 3.28. The standard InChI is InChI=1S/C12H14Cl2N2O2/c13-8-1-2-10(14)11(5-8)18-7-12(17)16-4-3-9(15)6-16/h1-2,5,9H,3-4,6-7,15H2/t9-/m0/s1. The topological polar surface area (TPSA) is 55.6 Å². The van der Waals surface area contributed by atoms with Gasteiger partial charge in [-0.3, -0.25) is 4.79 Å². The minimum Gasteiger partial charge on any atom is -0.482 e. The van der Waals surface area contributed by atoms with E-state index in [0.29, 0.717) is 28.9 Å². The lowest BCUT2D eigenvalue weighted by atomic mass is 10.3. The lowest BCUT2D eigenvalue weighted by molar-refractivity contribution is -0.132. The molecule has 6 heteroatoms. The van der Waals surface area contributed by atoms with E-state index >= 15 is 0 Å². The summed E-state index contributed by atoms with van der Waals surface area (Å²) in [6.45, 7) is 1.23. The molecule has 0 unspecified atom stereocenters. The number of carbonyl (C=O) groups excluding carboxylic acids is 1. The van der Waals surface area contributed by atoms with Crippen LogP contribution in [0.1, 0.15) is 6.42 Å². The Morgan fingerprint density at radius 2 is 2.28 bits per heavy atom. The molecule has 0 aliphatic carbocycles. The van der Waals surface area contributed by atoms with Gasteiger partial charge in [0.25, 0.3) is 5.91 Å². The van der Waals surface area contributed by atoms with Crippen LogP contribution in [0.2, 0.25) is 10.0 Å². The van der Waals surface area contributed by atoms with Crippen LogP contribution in [0.5, 0.6) is 5.75 Å². The van der Waals surface area contributed by atoms with Crippen LogP contribution in [-0.2, 0) is 4.79 Å². The second kappa shape index (κ2) is 5.78. The van der Waals surface area contributed by atoms with E-state index in [0.717, 1.165) is 6.42 Å². The van der Waals surface area contributed by atoms with Crippen molar-refractivity contribution in [2.75, 3.05) is 19.7 Å². The number of ether oxygens (including phenoxy) is 1. The van der Waals surface area contributed by atoms with Crippen LogP contribution < -0.4 is 10.5 Å². The number of hydrogen-bond acceptors (Lipinski definition) is 3. The van der Waals surface area contributed by atoms with Gasteiger partial charge in [-0.05, 0) is 18.6 Å². The van der Waals surface area contributed by atoms with Gasteiger partial charge in [0, 0.05) is 30.2 Å². The van der Waals surface area contributed by atoms with Crippen molar-refractivity contribution in [1.29, 1.82) is 0 Å². The molecule has 0 bridgehead atoms. The van der Waals surface area contributed by atoms with E-state index in [2.05, 4.69) is 0 Å². The van der Waals surface area contributed by atoms with Crippen molar-refractivity contribution >= 4 is 29.1 Å². The molecule has 1 saturated heterocycles. The molecule has 98 valence electrons. The normalized spacial score (nSPS) is 19.1. The quantitative estimate of drug-likeness (QED) is 0.925. The molecule has 1 aromatic rings. The molecule has 1 fully saturated rings. The maximum atomic E-state index is 11.8. The smallest absolute Gasteiger partial charge is 0.260 e. The van der Waals surface area contributed by atoms with E-state index in [4.69, 9.17) is 33.7 Å². The molecule has 1 heterocycles. The summed E-state index contributed by atoms with van der Waals surface area (Å²) in [7, 11) is 0. The van der Waals surface area contributed by atoms with Crippen LogP contribution in [0.15, 0.2) is 18.2 Å². The molecule has 1 aliphatic rings. The summed E-state index contributed by atoms with van der Waals surface area (Å²) in [6.07, 6.45) is 0.837. The van der Waals surface area contributed by atoms with Crippen LogP contribution in [0, 0.1) is 0 Å². The molecule has 18 heavy (non-hydrogen) atoms. The molecular weight excluding hydrogens is 275 g/mol. The summed E-state index contributed by atoms with van der Waals surface area (Å²) >= 11 is 11.8. The van der Waals surface area contributed by atoms with Gasteiger partial charge in [0.15, 0.2) is 6.61 Å². The number of carbonyl (C=O) groups is 1. The number of likely N-dealkylation sites (tertiary alicyclic amines) is 1. The molecule has 1 atom stereocenters. The highest BCUT2D eigenvalue weighted by atomic mass is 35.5. The van der Waals surface area contributed by atoms with Crippen LogP contribution in [0.3, 0.4) is 0 Å². The largest absolute Gasteiger partial charge is 0.482 e. The van der Waals surface area contributed by atoms with Gasteiger partial charge in [0.05, 0.1) is 5.02 Å². The third-order valence-electron chi connectivity index (χ3n) is 2.82. The van der Waals surface area contributed by atoms with Crippen molar-refractivity contribution in [3.8, 4) is 5.75 Å². The predicted octanol–water partition coefficient (Wildman–Crippen LogP) is 1.93. The first-order chi connectivity index (χ1) is 8.56. The zero-order chi connectivity index (χ0) is 13.1.